The zero-order valence-corrected chi connectivity index (χ0v) is 5.68. The third-order valence-electron chi connectivity index (χ3n) is 0.515. The van der Waals surface area contributed by atoms with Gasteiger partial charge >= 0.3 is 18.1 Å². The zero-order valence-electron chi connectivity index (χ0n) is 5.68. The van der Waals surface area contributed by atoms with Gasteiger partial charge in [0.2, 0.25) is 0 Å². The fourth-order valence-electron chi connectivity index (χ4n) is 0.161. The molecule has 0 aromatic rings. The number of alkyl halides is 6. The first-order valence-electron chi connectivity index (χ1n) is 1.84. The Hall–Kier alpha value is -0.870. The van der Waals surface area contributed by atoms with E-state index in [2.05, 4.69) is 0 Å². The highest BCUT2D eigenvalue weighted by Gasteiger charge is 2.55. The summed E-state index contributed by atoms with van der Waals surface area (Å²) in [5.74, 6) is -3.68. The van der Waals surface area contributed by atoms with Gasteiger partial charge in [-0.05, 0) is 0 Å². The predicted molar refractivity (Wildman–Crippen MR) is 28.0 cm³/mol. The molecule has 6 N–H and O–H groups in total. The SMILES string of the molecule is O.O.O.O=C(C(F)(F)F)C(F)(F)F. The normalized spacial score (nSPS) is 10.3. The van der Waals surface area contributed by atoms with Crippen LogP contribution in [0, 0.1) is 0 Å². The van der Waals surface area contributed by atoms with Crippen LogP contribution >= 0.6 is 0 Å². The second-order valence-electron chi connectivity index (χ2n) is 1.32. The lowest BCUT2D eigenvalue weighted by Crippen LogP contribution is -2.36. The van der Waals surface area contributed by atoms with Gasteiger partial charge in [-0.2, -0.15) is 26.3 Å². The predicted octanol–water partition coefficient (Wildman–Crippen LogP) is -0.794. The van der Waals surface area contributed by atoms with Crippen molar-refractivity contribution in [3.8, 4) is 0 Å². The van der Waals surface area contributed by atoms with Crippen LogP contribution in [0.15, 0.2) is 0 Å². The van der Waals surface area contributed by atoms with E-state index < -0.39 is 18.1 Å². The number of hydrogen-bond acceptors (Lipinski definition) is 1. The Morgan fingerprint density at radius 3 is 0.846 bits per heavy atom. The van der Waals surface area contributed by atoms with Crippen molar-refractivity contribution in [1.82, 2.24) is 0 Å². The number of hydrogen-bond donors (Lipinski definition) is 0. The van der Waals surface area contributed by atoms with E-state index >= 15 is 0 Å². The van der Waals surface area contributed by atoms with Crippen LogP contribution in [0.1, 0.15) is 0 Å². The average Bonchev–Trinajstić information content (AvgIpc) is 1.59. The summed E-state index contributed by atoms with van der Waals surface area (Å²) in [7, 11) is 0. The average molecular weight is 220 g/mol. The molecule has 0 saturated heterocycles. The highest BCUT2D eigenvalue weighted by molar-refractivity contribution is 5.89. The van der Waals surface area contributed by atoms with Crippen molar-refractivity contribution in [2.24, 2.45) is 0 Å². The van der Waals surface area contributed by atoms with Crippen molar-refractivity contribution in [2.75, 3.05) is 0 Å². The lowest BCUT2D eigenvalue weighted by Gasteiger charge is -2.06. The van der Waals surface area contributed by atoms with Crippen molar-refractivity contribution < 1.29 is 47.6 Å². The molecule has 10 heteroatoms. The van der Waals surface area contributed by atoms with Gasteiger partial charge < -0.3 is 16.4 Å². The molecule has 0 spiro atoms. The molecule has 0 heterocycles. The molecule has 0 fully saturated rings. The van der Waals surface area contributed by atoms with E-state index in [-0.39, 0.29) is 16.4 Å². The molecular formula is C3H6F6O4. The number of Topliss-reactive ketones (excluding diaryl/α,β-unsaturated/α-hetero) is 1. The van der Waals surface area contributed by atoms with Crippen molar-refractivity contribution in [2.45, 2.75) is 12.4 Å². The van der Waals surface area contributed by atoms with Gasteiger partial charge in [-0.3, -0.25) is 4.79 Å². The number of halogens is 6. The summed E-state index contributed by atoms with van der Waals surface area (Å²) in [5.41, 5.74) is 0. The fourth-order valence-corrected chi connectivity index (χ4v) is 0.161. The minimum Gasteiger partial charge on any atom is -0.412 e. The Morgan fingerprint density at radius 2 is 0.846 bits per heavy atom. The Balaban J connectivity index is -0.000000135. The molecule has 0 aliphatic carbocycles. The maximum Gasteiger partial charge on any atom is 0.459 e. The molecule has 0 rings (SSSR count). The molecule has 0 unspecified atom stereocenters. The molecule has 0 radical (unpaired) electrons. The minimum atomic E-state index is -5.82. The van der Waals surface area contributed by atoms with Gasteiger partial charge in [-0.1, -0.05) is 0 Å². The Morgan fingerprint density at radius 1 is 0.692 bits per heavy atom. The molecule has 0 aromatic heterocycles. The van der Waals surface area contributed by atoms with Crippen molar-refractivity contribution in [3.63, 3.8) is 0 Å². The van der Waals surface area contributed by atoms with Crippen molar-refractivity contribution in [3.05, 3.63) is 0 Å². The Bertz CT molecular complexity index is 131. The highest BCUT2D eigenvalue weighted by Crippen LogP contribution is 2.28. The summed E-state index contributed by atoms with van der Waals surface area (Å²) < 4.78 is 65.3. The topological polar surface area (TPSA) is 112 Å². The maximum absolute atomic E-state index is 10.9. The highest BCUT2D eigenvalue weighted by atomic mass is 19.4. The lowest BCUT2D eigenvalue weighted by atomic mass is 10.4. The first kappa shape index (κ1) is 22.7. The minimum absolute atomic E-state index is 0. The molecule has 0 amide bonds. The third kappa shape index (κ3) is 7.49. The molecule has 84 valence electrons. The molecule has 4 nitrogen and oxygen atoms in total. The van der Waals surface area contributed by atoms with Gasteiger partial charge in [0.15, 0.2) is 0 Å². The van der Waals surface area contributed by atoms with Crippen molar-refractivity contribution in [1.29, 1.82) is 0 Å². The molecule has 0 saturated carbocycles. The second-order valence-corrected chi connectivity index (χ2v) is 1.32. The summed E-state index contributed by atoms with van der Waals surface area (Å²) in [5, 5.41) is 0. The van der Waals surface area contributed by atoms with Gasteiger partial charge in [0.25, 0.3) is 0 Å². The van der Waals surface area contributed by atoms with E-state index in [1.165, 1.54) is 0 Å². The smallest absolute Gasteiger partial charge is 0.412 e. The van der Waals surface area contributed by atoms with E-state index in [0.717, 1.165) is 0 Å². The summed E-state index contributed by atoms with van der Waals surface area (Å²) in [6.45, 7) is 0. The van der Waals surface area contributed by atoms with Crippen LogP contribution in [0.5, 0.6) is 0 Å². The second kappa shape index (κ2) is 5.72. The molecule has 13 heavy (non-hydrogen) atoms. The van der Waals surface area contributed by atoms with Gasteiger partial charge in [0.05, 0.1) is 0 Å². The first-order valence-corrected chi connectivity index (χ1v) is 1.84. The molecule has 0 aromatic carbocycles. The van der Waals surface area contributed by atoms with Crippen LogP contribution in [0.2, 0.25) is 0 Å². The Kier molecular flexibility index (Phi) is 10.0. The number of carbonyl (C=O) groups is 1. The summed E-state index contributed by atoms with van der Waals surface area (Å²) in [4.78, 5) is 9.24. The summed E-state index contributed by atoms with van der Waals surface area (Å²) in [6, 6.07) is 0. The van der Waals surface area contributed by atoms with Crippen LogP contribution in [-0.2, 0) is 4.79 Å². The van der Waals surface area contributed by atoms with Gasteiger partial charge in [-0.15, -0.1) is 0 Å². The van der Waals surface area contributed by atoms with E-state index in [9.17, 15) is 31.1 Å². The van der Waals surface area contributed by atoms with Crippen LogP contribution in [0.25, 0.3) is 0 Å². The van der Waals surface area contributed by atoms with Gasteiger partial charge in [0, 0.05) is 0 Å². The van der Waals surface area contributed by atoms with Crippen LogP contribution < -0.4 is 0 Å². The van der Waals surface area contributed by atoms with Crippen LogP contribution in [-0.4, -0.2) is 34.6 Å². The third-order valence-corrected chi connectivity index (χ3v) is 0.515. The Labute approximate surface area is 67.1 Å². The number of rotatable bonds is 0. The molecular weight excluding hydrogens is 214 g/mol. The molecule has 0 bridgehead atoms. The van der Waals surface area contributed by atoms with Gasteiger partial charge in [0.1, 0.15) is 0 Å². The maximum atomic E-state index is 10.9. The van der Waals surface area contributed by atoms with E-state index in [1.807, 2.05) is 0 Å². The van der Waals surface area contributed by atoms with Crippen molar-refractivity contribution >= 4 is 5.78 Å². The molecule has 0 atom stereocenters. The number of carbonyl (C=O) groups excluding carboxylic acids is 1. The molecule has 0 aliphatic rings. The first-order chi connectivity index (χ1) is 4.15. The fraction of sp³-hybridized carbons (Fsp3) is 0.667. The lowest BCUT2D eigenvalue weighted by molar-refractivity contribution is -0.217. The van der Waals surface area contributed by atoms with E-state index in [1.54, 1.807) is 0 Å². The number of ketones is 1. The van der Waals surface area contributed by atoms with E-state index in [0.29, 0.717) is 0 Å². The summed E-state index contributed by atoms with van der Waals surface area (Å²) >= 11 is 0. The largest absolute Gasteiger partial charge is 0.459 e. The summed E-state index contributed by atoms with van der Waals surface area (Å²) in [6.07, 6.45) is -11.6. The van der Waals surface area contributed by atoms with Gasteiger partial charge in [-0.25, -0.2) is 0 Å². The van der Waals surface area contributed by atoms with E-state index in [4.69, 9.17) is 0 Å². The molecule has 0 aliphatic heterocycles. The van der Waals surface area contributed by atoms with Crippen LogP contribution in [0.4, 0.5) is 26.3 Å². The monoisotopic (exact) mass is 220 g/mol. The quantitative estimate of drug-likeness (QED) is 0.489. The zero-order chi connectivity index (χ0) is 8.58. The standard InChI is InChI=1S/C3F6O.3H2O/c4-2(5,6)1(10)3(7,8)9;;;/h;3*1H2. The van der Waals surface area contributed by atoms with Crippen LogP contribution in [0.3, 0.4) is 0 Å².